The summed E-state index contributed by atoms with van der Waals surface area (Å²) in [5, 5.41) is 14.6. The van der Waals surface area contributed by atoms with Gasteiger partial charge in [-0.25, -0.2) is 0 Å². The predicted molar refractivity (Wildman–Crippen MR) is 65.9 cm³/mol. The maximum Gasteiger partial charge on any atom is 0.282 e. The Bertz CT molecular complexity index is 359. The van der Waals surface area contributed by atoms with E-state index in [0.717, 1.165) is 12.8 Å². The Morgan fingerprint density at radius 1 is 1.38 bits per heavy atom. The number of carbonyl (C=O) groups excluding carboxylic acids is 1. The van der Waals surface area contributed by atoms with E-state index in [1.807, 2.05) is 6.92 Å². The molecule has 0 atom stereocenters. The molecule has 1 heterocycles. The highest BCUT2D eigenvalue weighted by atomic mass is 32.1. The van der Waals surface area contributed by atoms with Crippen molar-refractivity contribution in [1.29, 1.82) is 0 Å². The molecule has 6 heteroatoms. The Hall–Kier alpha value is -1.17. The second-order valence-electron chi connectivity index (χ2n) is 3.88. The van der Waals surface area contributed by atoms with Crippen LogP contribution in [0, 0.1) is 0 Å². The summed E-state index contributed by atoms with van der Waals surface area (Å²) in [6.45, 7) is 6.15. The summed E-state index contributed by atoms with van der Waals surface area (Å²) in [6.07, 6.45) is 1.79. The number of hydrogen-bond donors (Lipinski definition) is 2. The molecule has 0 fully saturated rings. The molecule has 90 valence electrons. The number of aromatic nitrogens is 2. The maximum absolute atomic E-state index is 11.9. The fourth-order valence-corrected chi connectivity index (χ4v) is 1.76. The second-order valence-corrected chi connectivity index (χ2v) is 4.86. The largest absolute Gasteiger partial charge is 0.363 e. The van der Waals surface area contributed by atoms with E-state index in [0.29, 0.717) is 10.1 Å². The number of amides is 1. The van der Waals surface area contributed by atoms with Crippen LogP contribution in [-0.4, -0.2) is 28.7 Å². The van der Waals surface area contributed by atoms with Gasteiger partial charge in [0.2, 0.25) is 10.1 Å². The number of rotatable bonds is 5. The third-order valence-electron chi connectivity index (χ3n) is 2.81. The number of hydrogen-bond acceptors (Lipinski definition) is 5. The summed E-state index contributed by atoms with van der Waals surface area (Å²) in [7, 11) is 1.75. The summed E-state index contributed by atoms with van der Waals surface area (Å²) in [4.78, 5) is 11.9. The molecule has 16 heavy (non-hydrogen) atoms. The predicted octanol–water partition coefficient (Wildman–Crippen LogP) is 1.89. The van der Waals surface area contributed by atoms with Crippen molar-refractivity contribution in [1.82, 2.24) is 15.5 Å². The topological polar surface area (TPSA) is 66.9 Å². The average Bonchev–Trinajstić information content (AvgIpc) is 2.77. The molecule has 2 N–H and O–H groups in total. The van der Waals surface area contributed by atoms with Gasteiger partial charge in [-0.1, -0.05) is 25.2 Å². The third kappa shape index (κ3) is 2.91. The lowest BCUT2D eigenvalue weighted by Gasteiger charge is -2.27. The zero-order valence-corrected chi connectivity index (χ0v) is 10.9. The van der Waals surface area contributed by atoms with Crippen molar-refractivity contribution in [2.75, 3.05) is 12.4 Å². The molecule has 0 aliphatic carbocycles. The fraction of sp³-hybridized carbons (Fsp3) is 0.700. The quantitative estimate of drug-likeness (QED) is 0.827. The van der Waals surface area contributed by atoms with Gasteiger partial charge in [-0.05, 0) is 19.8 Å². The molecule has 0 aliphatic rings. The summed E-state index contributed by atoms with van der Waals surface area (Å²) in [6, 6.07) is 0. The first-order chi connectivity index (χ1) is 7.54. The molecular formula is C10H18N4OS. The van der Waals surface area contributed by atoms with Crippen LogP contribution in [0.2, 0.25) is 0 Å². The first kappa shape index (κ1) is 12.9. The van der Waals surface area contributed by atoms with Crippen molar-refractivity contribution < 1.29 is 4.79 Å². The number of anilines is 1. The third-order valence-corrected chi connectivity index (χ3v) is 3.75. The van der Waals surface area contributed by atoms with Crippen molar-refractivity contribution in [3.63, 3.8) is 0 Å². The minimum absolute atomic E-state index is 0.148. The molecule has 0 aromatic carbocycles. The highest BCUT2D eigenvalue weighted by molar-refractivity contribution is 7.17. The number of nitrogens with one attached hydrogen (secondary N) is 2. The molecule has 1 rings (SSSR count). The first-order valence-electron chi connectivity index (χ1n) is 5.38. The summed E-state index contributed by atoms with van der Waals surface area (Å²) in [5.74, 6) is -0.148. The van der Waals surface area contributed by atoms with Gasteiger partial charge in [0.05, 0.1) is 0 Å². The molecule has 0 spiro atoms. The SMILES string of the molecule is CCC(C)(CC)NC(=O)c1nnc(NC)s1. The van der Waals surface area contributed by atoms with Gasteiger partial charge in [-0.15, -0.1) is 10.2 Å². The van der Waals surface area contributed by atoms with E-state index in [9.17, 15) is 4.79 Å². The van der Waals surface area contributed by atoms with Crippen LogP contribution < -0.4 is 10.6 Å². The summed E-state index contributed by atoms with van der Waals surface area (Å²) < 4.78 is 0. The monoisotopic (exact) mass is 242 g/mol. The molecule has 1 amide bonds. The van der Waals surface area contributed by atoms with E-state index < -0.39 is 0 Å². The van der Waals surface area contributed by atoms with Gasteiger partial charge in [-0.3, -0.25) is 4.79 Å². The maximum atomic E-state index is 11.9. The van der Waals surface area contributed by atoms with Crippen LogP contribution in [-0.2, 0) is 0 Å². The van der Waals surface area contributed by atoms with E-state index >= 15 is 0 Å². The minimum atomic E-state index is -0.164. The highest BCUT2D eigenvalue weighted by Gasteiger charge is 2.24. The summed E-state index contributed by atoms with van der Waals surface area (Å²) >= 11 is 1.26. The molecule has 0 aliphatic heterocycles. The van der Waals surface area contributed by atoms with Crippen LogP contribution in [0.3, 0.4) is 0 Å². The van der Waals surface area contributed by atoms with Crippen LogP contribution in [0.5, 0.6) is 0 Å². The Labute approximate surface area is 99.7 Å². The van der Waals surface area contributed by atoms with Crippen molar-refractivity contribution in [3.05, 3.63) is 5.01 Å². The number of nitrogens with zero attached hydrogens (tertiary/aromatic N) is 2. The van der Waals surface area contributed by atoms with E-state index in [4.69, 9.17) is 0 Å². The van der Waals surface area contributed by atoms with E-state index in [1.165, 1.54) is 11.3 Å². The molecule has 0 saturated heterocycles. The van der Waals surface area contributed by atoms with Crippen molar-refractivity contribution in [3.8, 4) is 0 Å². The van der Waals surface area contributed by atoms with Gasteiger partial charge in [0.1, 0.15) is 0 Å². The lowest BCUT2D eigenvalue weighted by Crippen LogP contribution is -2.44. The Kier molecular flexibility index (Phi) is 4.23. The lowest BCUT2D eigenvalue weighted by atomic mass is 9.96. The fourth-order valence-electron chi connectivity index (χ4n) is 1.17. The molecule has 0 bridgehead atoms. The number of carbonyl (C=O) groups is 1. The highest BCUT2D eigenvalue weighted by Crippen LogP contribution is 2.18. The van der Waals surface area contributed by atoms with Crippen LogP contribution in [0.4, 0.5) is 5.13 Å². The van der Waals surface area contributed by atoms with Gasteiger partial charge in [0.25, 0.3) is 5.91 Å². The zero-order chi connectivity index (χ0) is 12.2. The van der Waals surface area contributed by atoms with Gasteiger partial charge in [-0.2, -0.15) is 0 Å². The van der Waals surface area contributed by atoms with Crippen molar-refractivity contribution in [2.45, 2.75) is 39.2 Å². The summed E-state index contributed by atoms with van der Waals surface area (Å²) in [5.41, 5.74) is -0.164. The van der Waals surface area contributed by atoms with Gasteiger partial charge < -0.3 is 10.6 Å². The first-order valence-corrected chi connectivity index (χ1v) is 6.20. The lowest BCUT2D eigenvalue weighted by molar-refractivity contribution is 0.0900. The Morgan fingerprint density at radius 2 is 2.00 bits per heavy atom. The smallest absolute Gasteiger partial charge is 0.282 e. The van der Waals surface area contributed by atoms with Crippen molar-refractivity contribution >= 4 is 22.4 Å². The van der Waals surface area contributed by atoms with E-state index in [1.54, 1.807) is 7.05 Å². The second kappa shape index (κ2) is 5.25. The van der Waals surface area contributed by atoms with Gasteiger partial charge in [0.15, 0.2) is 0 Å². The molecule has 1 aromatic rings. The van der Waals surface area contributed by atoms with E-state index in [-0.39, 0.29) is 11.4 Å². The minimum Gasteiger partial charge on any atom is -0.363 e. The Morgan fingerprint density at radius 3 is 2.44 bits per heavy atom. The Balaban J connectivity index is 2.71. The van der Waals surface area contributed by atoms with Gasteiger partial charge in [0, 0.05) is 12.6 Å². The molecule has 0 radical (unpaired) electrons. The van der Waals surface area contributed by atoms with Crippen molar-refractivity contribution in [2.24, 2.45) is 0 Å². The molecule has 0 unspecified atom stereocenters. The van der Waals surface area contributed by atoms with Crippen LogP contribution in [0.15, 0.2) is 0 Å². The van der Waals surface area contributed by atoms with Crippen LogP contribution in [0.1, 0.15) is 43.4 Å². The van der Waals surface area contributed by atoms with E-state index in [2.05, 4.69) is 34.7 Å². The molecular weight excluding hydrogens is 224 g/mol. The average molecular weight is 242 g/mol. The molecule has 0 saturated carbocycles. The van der Waals surface area contributed by atoms with Crippen LogP contribution >= 0.6 is 11.3 Å². The normalized spacial score (nSPS) is 11.2. The molecule has 1 aromatic heterocycles. The van der Waals surface area contributed by atoms with Gasteiger partial charge >= 0.3 is 0 Å². The standard InChI is InChI=1S/C10H18N4OS/c1-5-10(3,6-2)12-7(15)8-13-14-9(11-4)16-8/h5-6H2,1-4H3,(H,11,14)(H,12,15). The molecule has 5 nitrogen and oxygen atoms in total. The van der Waals surface area contributed by atoms with Crippen LogP contribution in [0.25, 0.3) is 0 Å². The zero-order valence-electron chi connectivity index (χ0n) is 10.1.